The minimum atomic E-state index is -0.506. The quantitative estimate of drug-likeness (QED) is 0.520. The Balaban J connectivity index is 2.11. The smallest absolute Gasteiger partial charge is 0.131 e. The summed E-state index contributed by atoms with van der Waals surface area (Å²) in [7, 11) is 0. The Morgan fingerprint density at radius 3 is 2.75 bits per heavy atom. The summed E-state index contributed by atoms with van der Waals surface area (Å²) in [5.41, 5.74) is 2.15. The molecule has 1 aliphatic rings. The van der Waals surface area contributed by atoms with Gasteiger partial charge in [-0.3, -0.25) is 0 Å². The Morgan fingerprint density at radius 2 is 2.08 bits per heavy atom. The number of ether oxygens (including phenoxy) is 1. The van der Waals surface area contributed by atoms with Crippen LogP contribution in [-0.2, 0) is 6.42 Å². The van der Waals surface area contributed by atoms with Crippen LogP contribution in [0.1, 0.15) is 64.0 Å². The van der Waals surface area contributed by atoms with Crippen LogP contribution in [-0.4, -0.2) is 21.9 Å². The van der Waals surface area contributed by atoms with Crippen molar-refractivity contribution in [1.82, 2.24) is 0 Å². The van der Waals surface area contributed by atoms with Crippen LogP contribution in [0.25, 0.3) is 6.08 Å². The van der Waals surface area contributed by atoms with E-state index in [0.29, 0.717) is 12.8 Å². The number of aromatic hydroxyl groups is 1. The van der Waals surface area contributed by atoms with E-state index in [1.54, 1.807) is 0 Å². The first-order valence-electron chi connectivity index (χ1n) is 8.92. The molecule has 0 amide bonds. The highest BCUT2D eigenvalue weighted by Gasteiger charge is 2.29. The fourth-order valence-corrected chi connectivity index (χ4v) is 2.99. The van der Waals surface area contributed by atoms with Gasteiger partial charge < -0.3 is 14.9 Å². The second-order valence-corrected chi connectivity index (χ2v) is 7.13. The van der Waals surface area contributed by atoms with Gasteiger partial charge in [0.15, 0.2) is 0 Å². The maximum Gasteiger partial charge on any atom is 0.131 e. The van der Waals surface area contributed by atoms with Crippen molar-refractivity contribution in [2.45, 2.75) is 71.0 Å². The lowest BCUT2D eigenvalue weighted by molar-refractivity contribution is 0.101. The van der Waals surface area contributed by atoms with Gasteiger partial charge in [-0.1, -0.05) is 31.9 Å². The van der Waals surface area contributed by atoms with Crippen LogP contribution in [0, 0.1) is 0 Å². The molecule has 3 heteroatoms. The molecular weight excluding hydrogens is 300 g/mol. The number of phenolic OH excluding ortho intramolecular Hbond substituents is 1. The highest BCUT2D eigenvalue weighted by atomic mass is 16.5. The summed E-state index contributed by atoms with van der Waals surface area (Å²) in [6.07, 6.45) is 9.13. The van der Waals surface area contributed by atoms with E-state index in [-0.39, 0.29) is 5.75 Å². The molecule has 0 saturated heterocycles. The molecular formula is C21H30O3. The van der Waals surface area contributed by atoms with Gasteiger partial charge in [0.25, 0.3) is 0 Å². The van der Waals surface area contributed by atoms with Gasteiger partial charge in [0.1, 0.15) is 17.1 Å². The van der Waals surface area contributed by atoms with E-state index >= 15 is 0 Å². The van der Waals surface area contributed by atoms with Crippen LogP contribution in [0.5, 0.6) is 11.5 Å². The molecule has 3 nitrogen and oxygen atoms in total. The van der Waals surface area contributed by atoms with Crippen molar-refractivity contribution in [3.05, 3.63) is 41.5 Å². The zero-order valence-corrected chi connectivity index (χ0v) is 15.1. The fourth-order valence-electron chi connectivity index (χ4n) is 2.99. The number of benzene rings is 1. The molecule has 1 aromatic rings. The van der Waals surface area contributed by atoms with E-state index < -0.39 is 11.7 Å². The molecule has 24 heavy (non-hydrogen) atoms. The Labute approximate surface area is 145 Å². The molecule has 1 heterocycles. The number of unbranched alkanes of at least 4 members (excludes halogenated alkanes) is 2. The number of rotatable bonds is 8. The zero-order chi connectivity index (χ0) is 17.7. The number of phenols is 1. The van der Waals surface area contributed by atoms with Gasteiger partial charge in [0, 0.05) is 0 Å². The zero-order valence-electron chi connectivity index (χ0n) is 15.1. The minimum absolute atomic E-state index is 0.277. The molecule has 2 unspecified atom stereocenters. The Bertz CT molecular complexity index is 618. The normalized spacial score (nSPS) is 20.3. The molecule has 1 aliphatic heterocycles. The van der Waals surface area contributed by atoms with Crippen molar-refractivity contribution < 1.29 is 14.9 Å². The molecule has 2 rings (SSSR count). The Kier molecular flexibility index (Phi) is 6.11. The van der Waals surface area contributed by atoms with Crippen LogP contribution in [0.2, 0.25) is 0 Å². The summed E-state index contributed by atoms with van der Waals surface area (Å²) in [5, 5.41) is 20.2. The standard InChI is InChI=1S/C21H30O3/c1-5-6-7-8-16-13-19(23)17-9-11-21(4,24-20(17)14-16)12-10-18(22)15(2)3/h9,11,13-14,18,22-23H,2,5-8,10,12H2,1,3-4H3. The lowest BCUT2D eigenvalue weighted by atomic mass is 9.91. The maximum absolute atomic E-state index is 10.3. The van der Waals surface area contributed by atoms with E-state index in [1.807, 2.05) is 38.1 Å². The van der Waals surface area contributed by atoms with Crippen LogP contribution < -0.4 is 4.74 Å². The number of aliphatic hydroxyl groups excluding tert-OH is 1. The van der Waals surface area contributed by atoms with Gasteiger partial charge in [-0.2, -0.15) is 0 Å². The minimum Gasteiger partial charge on any atom is -0.507 e. The van der Waals surface area contributed by atoms with Gasteiger partial charge in [-0.15, -0.1) is 0 Å². The second kappa shape index (κ2) is 7.89. The molecule has 0 aromatic heterocycles. The first-order valence-corrected chi connectivity index (χ1v) is 8.92. The topological polar surface area (TPSA) is 49.7 Å². The van der Waals surface area contributed by atoms with Crippen LogP contribution in [0.15, 0.2) is 30.4 Å². The van der Waals surface area contributed by atoms with Crippen molar-refractivity contribution in [3.8, 4) is 11.5 Å². The SMILES string of the molecule is C=C(C)C(O)CCC1(C)C=Cc2c(O)cc(CCCCC)cc2O1. The number of hydrogen-bond donors (Lipinski definition) is 2. The molecule has 132 valence electrons. The summed E-state index contributed by atoms with van der Waals surface area (Å²) in [4.78, 5) is 0. The van der Waals surface area contributed by atoms with E-state index in [9.17, 15) is 10.2 Å². The van der Waals surface area contributed by atoms with Crippen LogP contribution in [0.4, 0.5) is 0 Å². The third-order valence-electron chi connectivity index (χ3n) is 4.68. The fraction of sp³-hybridized carbons (Fsp3) is 0.524. The average Bonchev–Trinajstić information content (AvgIpc) is 2.52. The average molecular weight is 330 g/mol. The monoisotopic (exact) mass is 330 g/mol. The molecule has 0 saturated carbocycles. The van der Waals surface area contributed by atoms with Crippen molar-refractivity contribution in [1.29, 1.82) is 0 Å². The molecule has 0 bridgehead atoms. The number of fused-ring (bicyclic) bond motifs is 1. The summed E-state index contributed by atoms with van der Waals surface area (Å²) < 4.78 is 6.19. The van der Waals surface area contributed by atoms with Gasteiger partial charge in [0.05, 0.1) is 11.7 Å². The highest BCUT2D eigenvalue weighted by Crippen LogP contribution is 2.39. The van der Waals surface area contributed by atoms with E-state index in [4.69, 9.17) is 4.74 Å². The number of aryl methyl sites for hydroxylation is 1. The molecule has 0 radical (unpaired) electrons. The molecule has 2 N–H and O–H groups in total. The molecule has 1 aromatic carbocycles. The van der Waals surface area contributed by atoms with E-state index in [0.717, 1.165) is 35.3 Å². The summed E-state index contributed by atoms with van der Waals surface area (Å²) >= 11 is 0. The molecule has 0 spiro atoms. The summed E-state index contributed by atoms with van der Waals surface area (Å²) in [5.74, 6) is 1.01. The second-order valence-electron chi connectivity index (χ2n) is 7.13. The molecule has 2 atom stereocenters. The van der Waals surface area contributed by atoms with Crippen molar-refractivity contribution >= 4 is 6.08 Å². The predicted octanol–water partition coefficient (Wildman–Crippen LogP) is 5.01. The first-order chi connectivity index (χ1) is 11.3. The largest absolute Gasteiger partial charge is 0.507 e. The first kappa shape index (κ1) is 18.6. The van der Waals surface area contributed by atoms with Gasteiger partial charge in [-0.05, 0) is 69.4 Å². The number of aliphatic hydroxyl groups is 1. The van der Waals surface area contributed by atoms with Crippen LogP contribution >= 0.6 is 0 Å². The van der Waals surface area contributed by atoms with Gasteiger partial charge in [0.2, 0.25) is 0 Å². The number of hydrogen-bond acceptors (Lipinski definition) is 3. The molecule has 0 fully saturated rings. The van der Waals surface area contributed by atoms with E-state index in [1.165, 1.54) is 12.8 Å². The maximum atomic E-state index is 10.3. The van der Waals surface area contributed by atoms with Gasteiger partial charge >= 0.3 is 0 Å². The Hall–Kier alpha value is -1.74. The third-order valence-corrected chi connectivity index (χ3v) is 4.68. The predicted molar refractivity (Wildman–Crippen MR) is 99.5 cm³/mol. The van der Waals surface area contributed by atoms with Crippen molar-refractivity contribution in [2.75, 3.05) is 0 Å². The Morgan fingerprint density at radius 1 is 1.33 bits per heavy atom. The van der Waals surface area contributed by atoms with Crippen LogP contribution in [0.3, 0.4) is 0 Å². The van der Waals surface area contributed by atoms with Crippen molar-refractivity contribution in [3.63, 3.8) is 0 Å². The summed E-state index contributed by atoms with van der Waals surface area (Å²) in [6, 6.07) is 3.89. The van der Waals surface area contributed by atoms with Gasteiger partial charge in [-0.25, -0.2) is 0 Å². The lowest BCUT2D eigenvalue weighted by Gasteiger charge is -2.33. The third kappa shape index (κ3) is 4.64. The summed E-state index contributed by atoms with van der Waals surface area (Å²) in [6.45, 7) is 9.82. The molecule has 0 aliphatic carbocycles. The van der Waals surface area contributed by atoms with Crippen molar-refractivity contribution in [2.24, 2.45) is 0 Å². The highest BCUT2D eigenvalue weighted by molar-refractivity contribution is 5.67. The lowest BCUT2D eigenvalue weighted by Crippen LogP contribution is -2.33. The van der Waals surface area contributed by atoms with E-state index in [2.05, 4.69) is 13.5 Å².